The zero-order chi connectivity index (χ0) is 12.7. The van der Waals surface area contributed by atoms with Crippen LogP contribution in [0.3, 0.4) is 0 Å². The molecule has 0 bridgehead atoms. The molecule has 1 aromatic rings. The van der Waals surface area contributed by atoms with Crippen molar-refractivity contribution in [1.29, 1.82) is 0 Å². The van der Waals surface area contributed by atoms with E-state index < -0.39 is 0 Å². The van der Waals surface area contributed by atoms with Crippen molar-refractivity contribution in [2.75, 3.05) is 18.2 Å². The van der Waals surface area contributed by atoms with E-state index in [0.29, 0.717) is 5.41 Å². The van der Waals surface area contributed by atoms with Crippen LogP contribution in [0.15, 0.2) is 29.2 Å². The summed E-state index contributed by atoms with van der Waals surface area (Å²) in [6.07, 6.45) is 2.43. The second-order valence-corrected chi connectivity index (χ2v) is 5.92. The van der Waals surface area contributed by atoms with Crippen LogP contribution >= 0.6 is 27.7 Å². The van der Waals surface area contributed by atoms with Gasteiger partial charge in [-0.25, -0.2) is 0 Å². The summed E-state index contributed by atoms with van der Waals surface area (Å²) in [6, 6.07) is 8.29. The first kappa shape index (κ1) is 14.9. The number of hydrogen-bond donors (Lipinski definition) is 0. The molecule has 3 heteroatoms. The first-order valence-electron chi connectivity index (χ1n) is 6.02. The molecule has 0 aliphatic heterocycles. The maximum Gasteiger partial charge on any atom is 0.119 e. The Hall–Kier alpha value is -0.150. The minimum Gasteiger partial charge on any atom is -0.497 e. The minimum atomic E-state index is 0.410. The van der Waals surface area contributed by atoms with Crippen LogP contribution in [-0.4, -0.2) is 18.2 Å². The smallest absolute Gasteiger partial charge is 0.119 e. The van der Waals surface area contributed by atoms with E-state index in [0.717, 1.165) is 16.8 Å². The largest absolute Gasteiger partial charge is 0.497 e. The zero-order valence-electron chi connectivity index (χ0n) is 10.8. The summed E-state index contributed by atoms with van der Waals surface area (Å²) < 4.78 is 5.24. The molecular weight excluding hydrogens is 296 g/mol. The second-order valence-electron chi connectivity index (χ2n) is 4.31. The van der Waals surface area contributed by atoms with Crippen molar-refractivity contribution >= 4 is 27.7 Å². The molecule has 0 aliphatic carbocycles. The number of ether oxygens (including phenoxy) is 1. The van der Waals surface area contributed by atoms with Crippen LogP contribution in [0, 0.1) is 5.41 Å². The van der Waals surface area contributed by atoms with Gasteiger partial charge in [0.05, 0.1) is 7.11 Å². The lowest BCUT2D eigenvalue weighted by Crippen LogP contribution is -2.23. The fourth-order valence-corrected chi connectivity index (χ4v) is 4.22. The summed E-state index contributed by atoms with van der Waals surface area (Å²) in [5, 5.41) is 1.07. The molecule has 0 spiro atoms. The summed E-state index contributed by atoms with van der Waals surface area (Å²) in [6.45, 7) is 4.55. The Balaban J connectivity index is 2.65. The van der Waals surface area contributed by atoms with Gasteiger partial charge in [-0.3, -0.25) is 0 Å². The predicted octanol–water partition coefficient (Wildman–Crippen LogP) is 4.99. The fraction of sp³-hybridized carbons (Fsp3) is 0.571. The summed E-state index contributed by atoms with van der Waals surface area (Å²) in [4.78, 5) is 1.29. The van der Waals surface area contributed by atoms with E-state index in [2.05, 4.69) is 48.0 Å². The standard InChI is InChI=1S/C14H21BrOS/c1-4-14(5-2,10-15)11-17-13-8-6-7-12(9-13)16-3/h6-9H,4-5,10-11H2,1-3H3. The average molecular weight is 317 g/mol. The van der Waals surface area contributed by atoms with Crippen molar-refractivity contribution in [3.05, 3.63) is 24.3 Å². The third-order valence-electron chi connectivity index (χ3n) is 3.37. The van der Waals surface area contributed by atoms with Crippen molar-refractivity contribution < 1.29 is 4.74 Å². The number of methoxy groups -OCH3 is 1. The van der Waals surface area contributed by atoms with E-state index in [1.165, 1.54) is 17.7 Å². The van der Waals surface area contributed by atoms with Crippen LogP contribution in [-0.2, 0) is 0 Å². The quantitative estimate of drug-likeness (QED) is 0.517. The van der Waals surface area contributed by atoms with E-state index >= 15 is 0 Å². The zero-order valence-corrected chi connectivity index (χ0v) is 13.2. The minimum absolute atomic E-state index is 0.410. The molecule has 0 radical (unpaired) electrons. The van der Waals surface area contributed by atoms with Crippen LogP contribution in [0.25, 0.3) is 0 Å². The highest BCUT2D eigenvalue weighted by Crippen LogP contribution is 2.36. The summed E-state index contributed by atoms with van der Waals surface area (Å²) >= 11 is 5.58. The molecule has 0 aromatic heterocycles. The van der Waals surface area contributed by atoms with E-state index in [1.54, 1.807) is 7.11 Å². The lowest BCUT2D eigenvalue weighted by molar-refractivity contribution is 0.359. The Labute approximate surface area is 117 Å². The Morgan fingerprint density at radius 2 is 2.00 bits per heavy atom. The van der Waals surface area contributed by atoms with E-state index in [9.17, 15) is 0 Å². The third kappa shape index (κ3) is 4.22. The van der Waals surface area contributed by atoms with Crippen LogP contribution < -0.4 is 4.74 Å². The van der Waals surface area contributed by atoms with Gasteiger partial charge in [0.1, 0.15) is 5.75 Å². The topological polar surface area (TPSA) is 9.23 Å². The van der Waals surface area contributed by atoms with Crippen molar-refractivity contribution in [1.82, 2.24) is 0 Å². The molecule has 0 fully saturated rings. The lowest BCUT2D eigenvalue weighted by atomic mass is 9.87. The van der Waals surface area contributed by atoms with Gasteiger partial charge in [-0.15, -0.1) is 11.8 Å². The van der Waals surface area contributed by atoms with Crippen LogP contribution in [0.5, 0.6) is 5.75 Å². The van der Waals surface area contributed by atoms with Gasteiger partial charge in [0, 0.05) is 16.0 Å². The number of alkyl halides is 1. The molecule has 0 heterocycles. The monoisotopic (exact) mass is 316 g/mol. The third-order valence-corrected chi connectivity index (χ3v) is 5.90. The van der Waals surface area contributed by atoms with Crippen LogP contribution in [0.1, 0.15) is 26.7 Å². The predicted molar refractivity (Wildman–Crippen MR) is 80.5 cm³/mol. The van der Waals surface area contributed by atoms with E-state index in [-0.39, 0.29) is 0 Å². The number of thioether (sulfide) groups is 1. The molecule has 1 aromatic carbocycles. The normalized spacial score (nSPS) is 11.5. The van der Waals surface area contributed by atoms with Crippen molar-refractivity contribution in [3.63, 3.8) is 0 Å². The Kier molecular flexibility index (Phi) is 6.42. The first-order valence-corrected chi connectivity index (χ1v) is 8.13. The van der Waals surface area contributed by atoms with Gasteiger partial charge in [-0.1, -0.05) is 35.8 Å². The van der Waals surface area contributed by atoms with Gasteiger partial charge < -0.3 is 4.74 Å². The molecule has 0 N–H and O–H groups in total. The molecule has 0 aliphatic rings. The van der Waals surface area contributed by atoms with Gasteiger partial charge in [0.15, 0.2) is 0 Å². The number of hydrogen-bond acceptors (Lipinski definition) is 2. The van der Waals surface area contributed by atoms with Crippen LogP contribution in [0.4, 0.5) is 0 Å². The van der Waals surface area contributed by atoms with Gasteiger partial charge in [-0.2, -0.15) is 0 Å². The molecule has 17 heavy (non-hydrogen) atoms. The van der Waals surface area contributed by atoms with Crippen LogP contribution in [0.2, 0.25) is 0 Å². The second kappa shape index (κ2) is 7.32. The molecule has 0 saturated heterocycles. The van der Waals surface area contributed by atoms with E-state index in [4.69, 9.17) is 4.74 Å². The first-order chi connectivity index (χ1) is 8.19. The maximum atomic E-state index is 5.24. The van der Waals surface area contributed by atoms with Crippen molar-refractivity contribution in [2.45, 2.75) is 31.6 Å². The highest BCUT2D eigenvalue weighted by Gasteiger charge is 2.24. The molecule has 0 amide bonds. The molecule has 0 atom stereocenters. The number of rotatable bonds is 7. The highest BCUT2D eigenvalue weighted by atomic mass is 79.9. The average Bonchev–Trinajstić information content (AvgIpc) is 2.41. The number of benzene rings is 1. The number of halogens is 1. The maximum absolute atomic E-state index is 5.24. The van der Waals surface area contributed by atoms with Gasteiger partial charge in [0.2, 0.25) is 0 Å². The Morgan fingerprint density at radius 3 is 2.53 bits per heavy atom. The summed E-state index contributed by atoms with van der Waals surface area (Å²) in [7, 11) is 1.71. The molecule has 1 nitrogen and oxygen atoms in total. The molecular formula is C14H21BrOS. The van der Waals surface area contributed by atoms with Crippen molar-refractivity contribution in [2.24, 2.45) is 5.41 Å². The molecule has 1 rings (SSSR count). The van der Waals surface area contributed by atoms with Gasteiger partial charge in [0.25, 0.3) is 0 Å². The Morgan fingerprint density at radius 1 is 1.29 bits per heavy atom. The Bertz CT molecular complexity index is 328. The van der Waals surface area contributed by atoms with Gasteiger partial charge in [-0.05, 0) is 36.5 Å². The van der Waals surface area contributed by atoms with Crippen molar-refractivity contribution in [3.8, 4) is 5.75 Å². The van der Waals surface area contributed by atoms with Gasteiger partial charge >= 0.3 is 0 Å². The SMILES string of the molecule is CCC(CC)(CBr)CSc1cccc(OC)c1. The summed E-state index contributed by atoms with van der Waals surface area (Å²) in [5.41, 5.74) is 0.410. The molecule has 96 valence electrons. The fourth-order valence-electron chi connectivity index (χ4n) is 1.61. The highest BCUT2D eigenvalue weighted by molar-refractivity contribution is 9.09. The molecule has 0 saturated carbocycles. The summed E-state index contributed by atoms with van der Waals surface area (Å²) in [5.74, 6) is 2.09. The van der Waals surface area contributed by atoms with E-state index in [1.807, 2.05) is 17.8 Å². The lowest BCUT2D eigenvalue weighted by Gasteiger charge is -2.29. The molecule has 0 unspecified atom stereocenters.